The van der Waals surface area contributed by atoms with Gasteiger partial charge in [-0.2, -0.15) is 15.3 Å². The van der Waals surface area contributed by atoms with E-state index in [2.05, 4.69) is 124 Å². The Morgan fingerprint density at radius 2 is 0.685 bits per heavy atom. The van der Waals surface area contributed by atoms with Crippen LogP contribution < -0.4 is 35.5 Å². The summed E-state index contributed by atoms with van der Waals surface area (Å²) >= 11 is 0. The van der Waals surface area contributed by atoms with Crippen LogP contribution in [0.25, 0.3) is 33.1 Å². The number of benzene rings is 6. The molecule has 149 heavy (non-hydrogen) atoms. The Kier molecular flexibility index (Phi) is 35.3. The third kappa shape index (κ3) is 26.0. The minimum absolute atomic E-state index is 0.0345. The number of aryl methyl sites for hydroxylation is 6. The van der Waals surface area contributed by atoms with E-state index in [1.807, 2.05) is 72.1 Å². The Morgan fingerprint density at radius 1 is 0.383 bits per heavy atom. The number of carbonyl (C=O) groups excluding carboxylic acids is 3. The van der Waals surface area contributed by atoms with Crippen LogP contribution in [0.3, 0.4) is 0 Å². The highest BCUT2D eigenvalue weighted by Gasteiger charge is 2.37. The molecule has 6 saturated heterocycles. The average Bonchev–Trinajstić information content (AvgIpc) is 1.74. The van der Waals surface area contributed by atoms with Gasteiger partial charge in [0.2, 0.25) is 17.7 Å². The van der Waals surface area contributed by atoms with Crippen molar-refractivity contribution in [2.45, 2.75) is 281 Å². The van der Waals surface area contributed by atoms with Crippen molar-refractivity contribution in [1.82, 2.24) is 90.3 Å². The molecular weight excluding hydrogens is 1940 g/mol. The van der Waals surface area contributed by atoms with Crippen LogP contribution in [0.1, 0.15) is 256 Å². The van der Waals surface area contributed by atoms with E-state index in [1.54, 1.807) is 114 Å². The highest BCUT2D eigenvalue weighted by molar-refractivity contribution is 7.92. The van der Waals surface area contributed by atoms with Crippen LogP contribution in [0.4, 0.5) is 34.5 Å². The lowest BCUT2D eigenvalue weighted by Gasteiger charge is -2.36. The van der Waals surface area contributed by atoms with Gasteiger partial charge in [-0.15, -0.1) is 0 Å². The molecule has 798 valence electrons. The number of H-pyrrole nitrogens is 3. The van der Waals surface area contributed by atoms with Gasteiger partial charge in [-0.3, -0.25) is 39.5 Å². The van der Waals surface area contributed by atoms with Gasteiger partial charge in [0, 0.05) is 111 Å². The molecule has 6 aromatic carbocycles. The summed E-state index contributed by atoms with van der Waals surface area (Å²) in [6, 6.07) is 33.8. The number of aromatic amines is 3. The van der Waals surface area contributed by atoms with E-state index in [-0.39, 0.29) is 50.7 Å². The second-order valence-electron chi connectivity index (χ2n) is 42.4. The second-order valence-corrected chi connectivity index (χ2v) is 49.8. The third-order valence-corrected chi connectivity index (χ3v) is 36.0. The van der Waals surface area contributed by atoms with Crippen molar-refractivity contribution in [2.24, 2.45) is 5.92 Å². The van der Waals surface area contributed by atoms with Gasteiger partial charge in [0.05, 0.1) is 108 Å². The maximum absolute atomic E-state index is 13.2. The number of morpholine rings is 1. The number of rotatable bonds is 32. The number of anilines is 6. The SMILES string of the molecule is Cc1cc(Cc2nc(Nc3ccccc3S(=O)(=O)C(C)C)c3c(C)[nH]nc3n2)c(OC(C)C)cc1C1CCN(C(=O)C2CCNCC2)CC1.Cc1cc(Cc2nc(Nc3ccccc3S(=O)(=O)C(C)C)c3c(C)[nH]nc3n2)c(OC(C)C)cc1C1CCN(C(=O)CN2CCCCC2)CC1.Cc1cc(Cc2nc(Nc3ccccc3S(=O)(=O)C(C)C)c3c(C)[nH]nc3n2)c(OC(C)C)cc1C1CCN(C(=O)CN2CCOCC2)CC1. The molecule has 0 saturated carbocycles. The van der Waals surface area contributed by atoms with Crippen LogP contribution in [0, 0.1) is 47.5 Å². The average molecular weight is 2090 g/mol. The number of nitrogens with zero attached hydrogens (tertiary/aromatic N) is 14. The van der Waals surface area contributed by atoms with Crippen LogP contribution in [0.2, 0.25) is 0 Å². The molecule has 18 rings (SSSR count). The minimum Gasteiger partial charge on any atom is -0.491 e. The zero-order chi connectivity index (χ0) is 106. The predicted octanol–water partition coefficient (Wildman–Crippen LogP) is 17.8. The van der Waals surface area contributed by atoms with E-state index < -0.39 is 45.3 Å². The highest BCUT2D eigenvalue weighted by atomic mass is 32.2. The summed E-state index contributed by atoms with van der Waals surface area (Å²) < 4.78 is 104. The van der Waals surface area contributed by atoms with Crippen molar-refractivity contribution in [3.05, 3.63) is 194 Å². The molecule has 0 unspecified atom stereocenters. The van der Waals surface area contributed by atoms with E-state index in [0.717, 1.165) is 186 Å². The molecule has 6 aliphatic rings. The largest absolute Gasteiger partial charge is 0.491 e. The summed E-state index contributed by atoms with van der Waals surface area (Å²) in [6.45, 7) is 46.8. The number of fused-ring (bicyclic) bond motifs is 3. The normalized spacial score (nSPS) is 16.5. The monoisotopic (exact) mass is 2090 g/mol. The fourth-order valence-electron chi connectivity index (χ4n) is 21.1. The van der Waals surface area contributed by atoms with Gasteiger partial charge in [-0.25, -0.2) is 55.2 Å². The molecule has 0 spiro atoms. The lowest BCUT2D eigenvalue weighted by atomic mass is 9.85. The minimum atomic E-state index is -3.56. The topological polar surface area (TPSA) is 418 Å². The van der Waals surface area contributed by atoms with Crippen molar-refractivity contribution in [1.29, 1.82) is 0 Å². The molecule has 0 bridgehead atoms. The second kappa shape index (κ2) is 48.0. The first-order valence-corrected chi connectivity index (χ1v) is 57.8. The number of amides is 3. The van der Waals surface area contributed by atoms with E-state index in [0.29, 0.717) is 154 Å². The molecule has 0 radical (unpaired) electrons. The number of nitrogens with one attached hydrogen (secondary N) is 7. The number of piperidine rings is 5. The fraction of sp³-hybridized carbons (Fsp3) is 0.518. The number of para-hydroxylation sites is 3. The van der Waals surface area contributed by atoms with Crippen LogP contribution >= 0.6 is 0 Å². The maximum atomic E-state index is 13.2. The Hall–Kier alpha value is -12.1. The van der Waals surface area contributed by atoms with Gasteiger partial charge in [0.1, 0.15) is 52.2 Å². The van der Waals surface area contributed by atoms with E-state index in [4.69, 9.17) is 48.9 Å². The van der Waals surface area contributed by atoms with Gasteiger partial charge in [-0.1, -0.05) is 61.0 Å². The first-order chi connectivity index (χ1) is 71.2. The Balaban J connectivity index is 0.000000159. The summed E-state index contributed by atoms with van der Waals surface area (Å²) in [7, 11) is -10.7. The van der Waals surface area contributed by atoms with Gasteiger partial charge in [-0.05, 0) is 321 Å². The van der Waals surface area contributed by atoms with Crippen molar-refractivity contribution >= 4 is 115 Å². The molecule has 12 heterocycles. The number of hydrogen-bond acceptors (Lipinski definition) is 28. The van der Waals surface area contributed by atoms with Crippen LogP contribution in [-0.4, -0.2) is 267 Å². The van der Waals surface area contributed by atoms with Gasteiger partial charge >= 0.3 is 0 Å². The standard InChI is InChI=1S/C38H51N7O4S.C37H49N7O5S.C37H49N7O4S/c1-24(2)49-32-22-30(28-14-18-45(19-15-28)35(46)23-44-16-10-7-11-17-44)26(5)20-29(32)21-34-40-37(36-27(6)42-43-38(36)41-34)39-31-12-8-9-13-33(31)50(47,48)25(3)4;1-23(2)49-31-21-29(27-11-13-44(14-12-27)34(45)22-43-15-17-48-18-16-43)25(5)19-28(31)20-33-39-36(35-26(6)41-42-37(35)40-33)38-30-9-7-8-10-32(30)50(46,47)24(3)4;1-22(2)48-31-21-29(26-13-17-44(18-14-26)37(45)27-11-15-38-16-12-27)24(5)19-28(31)20-33-40-35(34-25(6)42-43-36(34)41-33)39-30-9-7-8-10-32(30)49(46,47)23(3)4/h8-9,12-13,20,22,24-25,28H,7,10-11,14-19,21,23H2,1-6H3,(H2,39,40,41,42,43);7-10,19,21,23-24,27H,11-18,20,22H2,1-6H3,(H2,38,39,40,41,42);7-10,19,21-23,26-27,38H,11-18,20H2,1-6H3,(H2,39,40,41,42,43). The summed E-state index contributed by atoms with van der Waals surface area (Å²) in [5.41, 5.74) is 15.4. The Bertz CT molecular complexity index is 6860. The number of ether oxygens (including phenoxy) is 4. The highest BCUT2D eigenvalue weighted by Crippen LogP contribution is 2.44. The van der Waals surface area contributed by atoms with E-state index in [9.17, 15) is 39.6 Å². The zero-order valence-corrected chi connectivity index (χ0v) is 92.1. The molecule has 6 fully saturated rings. The van der Waals surface area contributed by atoms with Crippen LogP contribution in [-0.2, 0) is 67.9 Å². The number of carbonyl (C=O) groups is 3. The van der Waals surface area contributed by atoms with Crippen LogP contribution in [0.5, 0.6) is 17.2 Å². The number of sulfone groups is 3. The maximum Gasteiger partial charge on any atom is 0.236 e. The van der Waals surface area contributed by atoms with E-state index >= 15 is 0 Å². The predicted molar refractivity (Wildman–Crippen MR) is 583 cm³/mol. The zero-order valence-electron chi connectivity index (χ0n) is 89.7. The number of likely N-dealkylation sites (tertiary alicyclic amines) is 4. The molecule has 12 aromatic rings. The number of hydrogen-bond donors (Lipinski definition) is 7. The number of aromatic nitrogens is 12. The molecule has 7 N–H and O–H groups in total. The van der Waals surface area contributed by atoms with Gasteiger partial charge < -0.3 is 54.9 Å². The summed E-state index contributed by atoms with van der Waals surface area (Å²) in [5.74, 6) is 7.39. The Labute approximate surface area is 876 Å². The molecule has 37 heteroatoms. The molecule has 3 amide bonds. The molecule has 6 aromatic heterocycles. The lowest BCUT2D eigenvalue weighted by molar-refractivity contribution is -0.137. The van der Waals surface area contributed by atoms with Crippen molar-refractivity contribution < 1.29 is 58.6 Å². The summed E-state index contributed by atoms with van der Waals surface area (Å²) in [6.07, 6.45) is 12.1. The molecular formula is C112H149N21O13S3. The van der Waals surface area contributed by atoms with Gasteiger partial charge in [0.25, 0.3) is 0 Å². The smallest absolute Gasteiger partial charge is 0.236 e. The fourth-order valence-corrected chi connectivity index (χ4v) is 24.8. The summed E-state index contributed by atoms with van der Waals surface area (Å²) in [4.78, 5) is 79.9. The van der Waals surface area contributed by atoms with Crippen molar-refractivity contribution in [2.75, 3.05) is 121 Å². The van der Waals surface area contributed by atoms with Crippen LogP contribution in [0.15, 0.2) is 124 Å². The van der Waals surface area contributed by atoms with Crippen molar-refractivity contribution in [3.63, 3.8) is 0 Å². The first-order valence-electron chi connectivity index (χ1n) is 53.1. The van der Waals surface area contributed by atoms with Gasteiger partial charge in [0.15, 0.2) is 46.5 Å². The molecule has 0 atom stereocenters. The first kappa shape index (κ1) is 110. The third-order valence-electron chi connectivity index (χ3n) is 29.4. The molecule has 6 aliphatic heterocycles. The Morgan fingerprint density at radius 3 is 0.993 bits per heavy atom. The van der Waals surface area contributed by atoms with E-state index in [1.165, 1.54) is 47.1 Å². The molecule has 0 aliphatic carbocycles. The lowest BCUT2D eigenvalue weighted by Crippen LogP contribution is -2.46. The quantitative estimate of drug-likeness (QED) is 0.0206. The summed E-state index contributed by atoms with van der Waals surface area (Å²) in [5, 5.41) is 36.0. The van der Waals surface area contributed by atoms with Crippen molar-refractivity contribution in [3.8, 4) is 17.2 Å². The molecule has 34 nitrogen and oxygen atoms in total.